The second-order valence-corrected chi connectivity index (χ2v) is 4.52. The van der Waals surface area contributed by atoms with E-state index in [1.54, 1.807) is 10.9 Å². The van der Waals surface area contributed by atoms with Gasteiger partial charge in [0.05, 0.1) is 5.54 Å². The van der Waals surface area contributed by atoms with Crippen molar-refractivity contribution in [3.63, 3.8) is 0 Å². The van der Waals surface area contributed by atoms with E-state index in [1.807, 2.05) is 26.1 Å². The second kappa shape index (κ2) is 4.59. The molecule has 0 aromatic carbocycles. The number of rotatable bonds is 4. The average molecular weight is 249 g/mol. The van der Waals surface area contributed by atoms with Crippen LogP contribution in [0, 0.1) is 0 Å². The van der Waals surface area contributed by atoms with Gasteiger partial charge in [-0.2, -0.15) is 10.1 Å². The lowest BCUT2D eigenvalue weighted by atomic mass is 10.1. The van der Waals surface area contributed by atoms with Crippen LogP contribution < -0.4 is 5.32 Å². The molecule has 7 heteroatoms. The molecule has 1 N–H and O–H groups in total. The lowest BCUT2D eigenvalue weighted by Gasteiger charge is -2.20. The van der Waals surface area contributed by atoms with Gasteiger partial charge < -0.3 is 9.84 Å². The number of nitrogens with one attached hydrogen (secondary N) is 1. The van der Waals surface area contributed by atoms with E-state index in [0.717, 1.165) is 0 Å². The maximum absolute atomic E-state index is 11.1. The smallest absolute Gasteiger partial charge is 0.248 e. The summed E-state index contributed by atoms with van der Waals surface area (Å²) in [6.07, 6.45) is 3.49. The van der Waals surface area contributed by atoms with Crippen LogP contribution in [0.3, 0.4) is 0 Å². The van der Waals surface area contributed by atoms with E-state index in [2.05, 4.69) is 20.6 Å². The molecule has 0 saturated carbocycles. The number of carbonyl (C=O) groups is 1. The Morgan fingerprint density at radius 3 is 2.94 bits per heavy atom. The third kappa shape index (κ3) is 2.73. The topological polar surface area (TPSA) is 85.8 Å². The molecule has 0 saturated heterocycles. The molecule has 0 spiro atoms. The van der Waals surface area contributed by atoms with E-state index in [0.29, 0.717) is 18.3 Å². The van der Waals surface area contributed by atoms with E-state index < -0.39 is 5.54 Å². The molecule has 2 rings (SSSR count). The predicted octanol–water partition coefficient (Wildman–Crippen LogP) is 0.686. The molecule has 0 atom stereocenters. The lowest BCUT2D eigenvalue weighted by molar-refractivity contribution is -0.120. The first-order valence-electron chi connectivity index (χ1n) is 5.56. The standard InChI is InChI=1S/C11H15N5O2/c1-8(17)14-11(2,3)10-13-9(18-15-10)7-16-6-4-5-12-16/h4-6H,7H2,1-3H3,(H,14,17). The number of amides is 1. The first-order chi connectivity index (χ1) is 8.47. The van der Waals surface area contributed by atoms with Gasteiger partial charge in [0.2, 0.25) is 11.8 Å². The fourth-order valence-corrected chi connectivity index (χ4v) is 1.60. The van der Waals surface area contributed by atoms with Crippen molar-refractivity contribution in [3.05, 3.63) is 30.2 Å². The monoisotopic (exact) mass is 249 g/mol. The summed E-state index contributed by atoms with van der Waals surface area (Å²) in [6, 6.07) is 1.82. The Balaban J connectivity index is 2.12. The summed E-state index contributed by atoms with van der Waals surface area (Å²) in [7, 11) is 0. The van der Waals surface area contributed by atoms with Crippen LogP contribution in [0.4, 0.5) is 0 Å². The molecule has 18 heavy (non-hydrogen) atoms. The Labute approximate surface area is 104 Å². The zero-order valence-corrected chi connectivity index (χ0v) is 10.5. The fraction of sp³-hybridized carbons (Fsp3) is 0.455. The summed E-state index contributed by atoms with van der Waals surface area (Å²) in [5.41, 5.74) is -0.655. The highest BCUT2D eigenvalue weighted by Gasteiger charge is 2.27. The van der Waals surface area contributed by atoms with Crippen LogP contribution in [0.15, 0.2) is 23.0 Å². The highest BCUT2D eigenvalue weighted by Crippen LogP contribution is 2.16. The molecular weight excluding hydrogens is 234 g/mol. The van der Waals surface area contributed by atoms with Crippen molar-refractivity contribution in [3.8, 4) is 0 Å². The normalized spacial score (nSPS) is 11.5. The largest absolute Gasteiger partial charge is 0.344 e. The average Bonchev–Trinajstić information content (AvgIpc) is 2.87. The minimum atomic E-state index is -0.655. The van der Waals surface area contributed by atoms with Crippen molar-refractivity contribution in [2.75, 3.05) is 0 Å². The van der Waals surface area contributed by atoms with Crippen LogP contribution >= 0.6 is 0 Å². The summed E-state index contributed by atoms with van der Waals surface area (Å²) in [6.45, 7) is 5.50. The third-order valence-electron chi connectivity index (χ3n) is 2.37. The molecule has 0 aliphatic carbocycles. The molecular formula is C11H15N5O2. The summed E-state index contributed by atoms with van der Waals surface area (Å²) >= 11 is 0. The molecule has 1 amide bonds. The van der Waals surface area contributed by atoms with Crippen LogP contribution in [0.1, 0.15) is 32.5 Å². The van der Waals surface area contributed by atoms with Crippen LogP contribution in [0.5, 0.6) is 0 Å². The van der Waals surface area contributed by atoms with Crippen LogP contribution in [0.2, 0.25) is 0 Å². The first-order valence-corrected chi connectivity index (χ1v) is 5.56. The Bertz CT molecular complexity index is 529. The van der Waals surface area contributed by atoms with Gasteiger partial charge in [-0.1, -0.05) is 5.16 Å². The molecule has 2 heterocycles. The number of hydrogen-bond donors (Lipinski definition) is 1. The molecule has 0 radical (unpaired) electrons. The van der Waals surface area contributed by atoms with Crippen LogP contribution in [-0.4, -0.2) is 25.8 Å². The molecule has 0 aliphatic rings. The van der Waals surface area contributed by atoms with E-state index in [-0.39, 0.29) is 5.91 Å². The van der Waals surface area contributed by atoms with E-state index in [9.17, 15) is 4.79 Å². The Morgan fingerprint density at radius 1 is 1.56 bits per heavy atom. The van der Waals surface area contributed by atoms with Crippen LogP contribution in [0.25, 0.3) is 0 Å². The minimum absolute atomic E-state index is 0.140. The van der Waals surface area contributed by atoms with Gasteiger partial charge in [-0.3, -0.25) is 9.48 Å². The first kappa shape index (κ1) is 12.3. The minimum Gasteiger partial charge on any atom is -0.344 e. The number of carbonyl (C=O) groups excluding carboxylic acids is 1. The van der Waals surface area contributed by atoms with Gasteiger partial charge >= 0.3 is 0 Å². The van der Waals surface area contributed by atoms with Crippen molar-refractivity contribution in [1.82, 2.24) is 25.2 Å². The predicted molar refractivity (Wildman–Crippen MR) is 62.5 cm³/mol. The number of aromatic nitrogens is 4. The van der Waals surface area contributed by atoms with Gasteiger partial charge in [-0.15, -0.1) is 0 Å². The maximum Gasteiger partial charge on any atom is 0.248 e. The quantitative estimate of drug-likeness (QED) is 0.861. The van der Waals surface area contributed by atoms with Gasteiger partial charge in [0, 0.05) is 19.3 Å². The number of nitrogens with zero attached hydrogens (tertiary/aromatic N) is 4. The van der Waals surface area contributed by atoms with Gasteiger partial charge in [-0.05, 0) is 19.9 Å². The second-order valence-electron chi connectivity index (χ2n) is 4.52. The lowest BCUT2D eigenvalue weighted by Crippen LogP contribution is -2.40. The Kier molecular flexibility index (Phi) is 3.14. The van der Waals surface area contributed by atoms with Crippen LogP contribution in [-0.2, 0) is 16.9 Å². The summed E-state index contributed by atoms with van der Waals surface area (Å²) < 4.78 is 6.82. The summed E-state index contributed by atoms with van der Waals surface area (Å²) in [4.78, 5) is 15.3. The fourth-order valence-electron chi connectivity index (χ4n) is 1.60. The Hall–Kier alpha value is -2.18. The van der Waals surface area contributed by atoms with Crippen molar-refractivity contribution >= 4 is 5.91 Å². The van der Waals surface area contributed by atoms with E-state index in [4.69, 9.17) is 4.52 Å². The van der Waals surface area contributed by atoms with Gasteiger partial charge in [0.25, 0.3) is 0 Å². The molecule has 2 aromatic rings. The highest BCUT2D eigenvalue weighted by atomic mass is 16.5. The Morgan fingerprint density at radius 2 is 2.33 bits per heavy atom. The van der Waals surface area contributed by atoms with E-state index >= 15 is 0 Å². The molecule has 0 bridgehead atoms. The van der Waals surface area contributed by atoms with Gasteiger partial charge in [0.15, 0.2) is 5.82 Å². The summed E-state index contributed by atoms with van der Waals surface area (Å²) in [5, 5.41) is 10.7. The molecule has 7 nitrogen and oxygen atoms in total. The van der Waals surface area contributed by atoms with Crippen molar-refractivity contribution in [2.45, 2.75) is 32.9 Å². The highest BCUT2D eigenvalue weighted by molar-refractivity contribution is 5.73. The molecule has 0 aliphatic heterocycles. The molecule has 96 valence electrons. The maximum atomic E-state index is 11.1. The zero-order chi connectivity index (χ0) is 13.2. The zero-order valence-electron chi connectivity index (χ0n) is 10.5. The van der Waals surface area contributed by atoms with Crippen molar-refractivity contribution in [2.24, 2.45) is 0 Å². The number of hydrogen-bond acceptors (Lipinski definition) is 5. The SMILES string of the molecule is CC(=O)NC(C)(C)c1noc(Cn2cccn2)n1. The van der Waals surface area contributed by atoms with Gasteiger partial charge in [-0.25, -0.2) is 0 Å². The van der Waals surface area contributed by atoms with Gasteiger partial charge in [0.1, 0.15) is 6.54 Å². The molecule has 0 fully saturated rings. The van der Waals surface area contributed by atoms with Crippen molar-refractivity contribution in [1.29, 1.82) is 0 Å². The summed E-state index contributed by atoms with van der Waals surface area (Å²) in [5.74, 6) is 0.755. The molecule has 0 unspecified atom stereocenters. The third-order valence-corrected chi connectivity index (χ3v) is 2.37. The molecule has 2 aromatic heterocycles. The van der Waals surface area contributed by atoms with Crippen molar-refractivity contribution < 1.29 is 9.32 Å². The van der Waals surface area contributed by atoms with E-state index in [1.165, 1.54) is 6.92 Å².